The Balaban J connectivity index is 1.75. The van der Waals surface area contributed by atoms with Gasteiger partial charge in [-0.05, 0) is 93.5 Å². The van der Waals surface area contributed by atoms with E-state index in [1.54, 1.807) is 0 Å². The molecule has 0 radical (unpaired) electrons. The monoisotopic (exact) mass is 444 g/mol. The fourth-order valence-electron chi connectivity index (χ4n) is 4.83. The van der Waals surface area contributed by atoms with Crippen molar-refractivity contribution in [3.05, 3.63) is 70.8 Å². The maximum Gasteiger partial charge on any atom is 0.162 e. The number of Topliss-reactive ketones (excluding diaryl/α,β-unsaturated/α-hetero) is 1. The second-order valence-electron chi connectivity index (χ2n) is 9.11. The molecule has 0 saturated heterocycles. The Kier molecular flexibility index (Phi) is 8.94. The molecule has 176 valence electrons. The number of anilines is 2. The van der Waals surface area contributed by atoms with Crippen LogP contribution in [0, 0.1) is 5.92 Å². The molecular weight excluding hydrogens is 404 g/mol. The maximum atomic E-state index is 13.1. The summed E-state index contributed by atoms with van der Waals surface area (Å²) >= 11 is 0. The number of carbonyl (C=O) groups is 1. The van der Waals surface area contributed by atoms with Crippen LogP contribution >= 0.6 is 0 Å². The first-order valence-electron chi connectivity index (χ1n) is 12.6. The van der Waals surface area contributed by atoms with E-state index in [9.17, 15) is 4.79 Å². The lowest BCUT2D eigenvalue weighted by atomic mass is 9.96. The van der Waals surface area contributed by atoms with Gasteiger partial charge in [-0.15, -0.1) is 0 Å². The van der Waals surface area contributed by atoms with Gasteiger partial charge in [0, 0.05) is 44.0 Å². The number of carbonyl (C=O) groups excluding carboxylic acids is 1. The predicted molar refractivity (Wildman–Crippen MR) is 144 cm³/mol. The molecule has 1 saturated carbocycles. The summed E-state index contributed by atoms with van der Waals surface area (Å²) in [5.41, 5.74) is 6.98. The van der Waals surface area contributed by atoms with Gasteiger partial charge in [-0.1, -0.05) is 42.8 Å². The lowest BCUT2D eigenvalue weighted by Gasteiger charge is -2.21. The summed E-state index contributed by atoms with van der Waals surface area (Å²) in [4.78, 5) is 17.8. The van der Waals surface area contributed by atoms with Crippen LogP contribution in [0.2, 0.25) is 0 Å². The number of allylic oxidation sites excluding steroid dienone is 2. The highest BCUT2D eigenvalue weighted by molar-refractivity contribution is 6.01. The van der Waals surface area contributed by atoms with Crippen molar-refractivity contribution in [3.63, 3.8) is 0 Å². The van der Waals surface area contributed by atoms with E-state index in [2.05, 4.69) is 105 Å². The highest BCUT2D eigenvalue weighted by Gasteiger charge is 2.21. The van der Waals surface area contributed by atoms with Crippen LogP contribution in [0.4, 0.5) is 11.4 Å². The fourth-order valence-corrected chi connectivity index (χ4v) is 4.83. The van der Waals surface area contributed by atoms with Crippen molar-refractivity contribution in [1.29, 1.82) is 0 Å². The molecule has 2 aromatic rings. The minimum Gasteiger partial charge on any atom is -0.372 e. The van der Waals surface area contributed by atoms with Gasteiger partial charge in [0.25, 0.3) is 0 Å². The van der Waals surface area contributed by atoms with Gasteiger partial charge in [-0.25, -0.2) is 0 Å². The number of rotatable bonds is 8. The Hall–Kier alpha value is -2.81. The molecule has 0 aromatic heterocycles. The lowest BCUT2D eigenvalue weighted by molar-refractivity contribution is -0.114. The fraction of sp³-hybridized carbons (Fsp3) is 0.433. The molecule has 1 aliphatic rings. The van der Waals surface area contributed by atoms with Gasteiger partial charge in [0.1, 0.15) is 0 Å². The number of ketones is 1. The molecule has 0 bridgehead atoms. The quantitative estimate of drug-likeness (QED) is 0.317. The molecule has 2 aromatic carbocycles. The molecule has 1 unspecified atom stereocenters. The molecule has 3 rings (SSSR count). The molecule has 3 nitrogen and oxygen atoms in total. The molecule has 0 heterocycles. The summed E-state index contributed by atoms with van der Waals surface area (Å²) in [6.45, 7) is 15.0. The SMILES string of the molecule is CCN(CC)c1ccc(C=C2CC(=O)C(=Cc3ccc(N(CC)CC)cc3)CC(C)C2)cc1. The average Bonchev–Trinajstić information content (AvgIpc) is 2.94. The molecule has 0 aliphatic heterocycles. The van der Waals surface area contributed by atoms with Crippen molar-refractivity contribution in [3.8, 4) is 0 Å². The highest BCUT2D eigenvalue weighted by atomic mass is 16.1. The predicted octanol–water partition coefficient (Wildman–Crippen LogP) is 7.24. The Morgan fingerprint density at radius 2 is 1.18 bits per heavy atom. The van der Waals surface area contributed by atoms with Crippen molar-refractivity contribution >= 4 is 29.3 Å². The molecule has 3 heteroatoms. The van der Waals surface area contributed by atoms with Crippen LogP contribution in [0.5, 0.6) is 0 Å². The van der Waals surface area contributed by atoms with Crippen molar-refractivity contribution in [1.82, 2.24) is 0 Å². The van der Waals surface area contributed by atoms with Crippen molar-refractivity contribution in [2.24, 2.45) is 5.92 Å². The summed E-state index contributed by atoms with van der Waals surface area (Å²) in [5.74, 6) is 0.719. The summed E-state index contributed by atoms with van der Waals surface area (Å²) in [7, 11) is 0. The van der Waals surface area contributed by atoms with Gasteiger partial charge in [-0.3, -0.25) is 4.79 Å². The zero-order chi connectivity index (χ0) is 23.8. The summed E-state index contributed by atoms with van der Waals surface area (Å²) in [6.07, 6.45) is 6.66. The maximum absolute atomic E-state index is 13.1. The zero-order valence-corrected chi connectivity index (χ0v) is 21.1. The van der Waals surface area contributed by atoms with E-state index in [0.29, 0.717) is 12.3 Å². The van der Waals surface area contributed by atoms with E-state index in [0.717, 1.165) is 50.2 Å². The first-order chi connectivity index (χ1) is 16.0. The smallest absolute Gasteiger partial charge is 0.162 e. The molecular formula is C30H40N2O. The van der Waals surface area contributed by atoms with Crippen LogP contribution in [-0.2, 0) is 4.79 Å². The van der Waals surface area contributed by atoms with Crippen LogP contribution < -0.4 is 9.80 Å². The van der Waals surface area contributed by atoms with Gasteiger partial charge >= 0.3 is 0 Å². The summed E-state index contributed by atoms with van der Waals surface area (Å²) in [5, 5.41) is 0. The van der Waals surface area contributed by atoms with Crippen molar-refractivity contribution in [2.75, 3.05) is 36.0 Å². The van der Waals surface area contributed by atoms with E-state index in [-0.39, 0.29) is 5.78 Å². The van der Waals surface area contributed by atoms with Gasteiger partial charge in [0.15, 0.2) is 5.78 Å². The van der Waals surface area contributed by atoms with E-state index in [1.165, 1.54) is 22.5 Å². The first-order valence-corrected chi connectivity index (χ1v) is 12.6. The Labute approximate surface area is 200 Å². The normalized spacial score (nSPS) is 19.1. The van der Waals surface area contributed by atoms with Gasteiger partial charge in [0.05, 0.1) is 0 Å². The first kappa shape index (κ1) is 24.8. The van der Waals surface area contributed by atoms with Crippen LogP contribution in [0.3, 0.4) is 0 Å². The van der Waals surface area contributed by atoms with Gasteiger partial charge in [-0.2, -0.15) is 0 Å². The molecule has 0 amide bonds. The molecule has 1 aliphatic carbocycles. The molecule has 33 heavy (non-hydrogen) atoms. The summed E-state index contributed by atoms with van der Waals surface area (Å²) in [6, 6.07) is 17.3. The van der Waals surface area contributed by atoms with Crippen LogP contribution in [0.15, 0.2) is 59.7 Å². The third kappa shape index (κ3) is 6.60. The Morgan fingerprint density at radius 1 is 0.727 bits per heavy atom. The number of nitrogens with zero attached hydrogens (tertiary/aromatic N) is 2. The minimum atomic E-state index is 0.262. The Bertz CT molecular complexity index is 961. The van der Waals surface area contributed by atoms with Crippen LogP contribution in [0.1, 0.15) is 65.0 Å². The van der Waals surface area contributed by atoms with E-state index in [1.807, 2.05) is 0 Å². The zero-order valence-electron chi connectivity index (χ0n) is 21.1. The Morgan fingerprint density at radius 3 is 1.64 bits per heavy atom. The van der Waals surface area contributed by atoms with Gasteiger partial charge in [0.2, 0.25) is 0 Å². The van der Waals surface area contributed by atoms with E-state index < -0.39 is 0 Å². The standard InChI is InChI=1S/C30H40N2O/c1-6-31(7-2)28-14-10-24(11-15-28)20-26-18-23(5)19-27(30(33)22-26)21-25-12-16-29(17-13-25)32(8-3)9-4/h10-17,20-21,23H,6-9,18-19,22H2,1-5H3. The van der Waals surface area contributed by atoms with Crippen LogP contribution in [-0.4, -0.2) is 32.0 Å². The third-order valence-electron chi connectivity index (χ3n) is 6.68. The number of hydrogen-bond acceptors (Lipinski definition) is 3. The van der Waals surface area contributed by atoms with Crippen molar-refractivity contribution < 1.29 is 4.79 Å². The van der Waals surface area contributed by atoms with E-state index >= 15 is 0 Å². The third-order valence-corrected chi connectivity index (χ3v) is 6.68. The molecule has 0 spiro atoms. The highest BCUT2D eigenvalue weighted by Crippen LogP contribution is 2.31. The number of hydrogen-bond donors (Lipinski definition) is 0. The van der Waals surface area contributed by atoms with Gasteiger partial charge < -0.3 is 9.80 Å². The number of benzene rings is 2. The molecule has 1 fully saturated rings. The molecule has 1 atom stereocenters. The molecule has 0 N–H and O–H groups in total. The average molecular weight is 445 g/mol. The van der Waals surface area contributed by atoms with Crippen LogP contribution in [0.25, 0.3) is 12.2 Å². The topological polar surface area (TPSA) is 23.6 Å². The van der Waals surface area contributed by atoms with E-state index in [4.69, 9.17) is 0 Å². The second kappa shape index (κ2) is 11.9. The largest absolute Gasteiger partial charge is 0.372 e. The minimum absolute atomic E-state index is 0.262. The second-order valence-corrected chi connectivity index (χ2v) is 9.11. The van der Waals surface area contributed by atoms with Crippen molar-refractivity contribution in [2.45, 2.75) is 53.9 Å². The summed E-state index contributed by atoms with van der Waals surface area (Å²) < 4.78 is 0. The lowest BCUT2D eigenvalue weighted by Crippen LogP contribution is -2.21.